The number of nitrogens with one attached hydrogen (secondary N) is 2. The molecule has 0 atom stereocenters. The molecule has 2 aromatic carbocycles. The lowest BCUT2D eigenvalue weighted by molar-refractivity contribution is -0.122. The molecule has 1 fully saturated rings. The van der Waals surface area contributed by atoms with E-state index in [2.05, 4.69) is 26.6 Å². The molecule has 1 saturated heterocycles. The molecule has 0 aromatic heterocycles. The van der Waals surface area contributed by atoms with Crippen molar-refractivity contribution < 1.29 is 9.53 Å². The number of hydrogen-bond donors (Lipinski definition) is 2. The Morgan fingerprint density at radius 2 is 1.65 bits per heavy atom. The lowest BCUT2D eigenvalue weighted by Gasteiger charge is -2.21. The lowest BCUT2D eigenvalue weighted by Crippen LogP contribution is -2.28. The maximum Gasteiger partial charge on any atom is 0.227 e. The fourth-order valence-electron chi connectivity index (χ4n) is 2.56. The van der Waals surface area contributed by atoms with Crippen LogP contribution in [0, 0.1) is 5.92 Å². The molecule has 2 N–H and O–H groups in total. The number of hydrogen-bond acceptors (Lipinski definition) is 3. The molecule has 1 heterocycles. The second-order valence-corrected chi connectivity index (χ2v) is 6.41. The van der Waals surface area contributed by atoms with Crippen LogP contribution in [0.5, 0.6) is 0 Å². The topological polar surface area (TPSA) is 50.4 Å². The van der Waals surface area contributed by atoms with Crippen LogP contribution in [0.25, 0.3) is 0 Å². The van der Waals surface area contributed by atoms with E-state index >= 15 is 0 Å². The SMILES string of the molecule is O=C(Nc1ccc(Nc2ccccc2Br)cc1)C1CCOCC1. The monoisotopic (exact) mass is 374 g/mol. The first kappa shape index (κ1) is 16.0. The zero-order valence-electron chi connectivity index (χ0n) is 12.7. The van der Waals surface area contributed by atoms with Crippen molar-refractivity contribution in [1.82, 2.24) is 0 Å². The molecule has 120 valence electrons. The number of halogens is 1. The standard InChI is InChI=1S/C18H19BrN2O2/c19-16-3-1-2-4-17(16)20-14-5-7-15(8-6-14)21-18(22)13-9-11-23-12-10-13/h1-8,13,20H,9-12H2,(H,21,22). The van der Waals surface area contributed by atoms with E-state index in [1.165, 1.54) is 0 Å². The van der Waals surface area contributed by atoms with Gasteiger partial charge in [-0.05, 0) is 65.2 Å². The Bertz CT molecular complexity index is 667. The van der Waals surface area contributed by atoms with E-state index in [0.29, 0.717) is 13.2 Å². The fraction of sp³-hybridized carbons (Fsp3) is 0.278. The smallest absolute Gasteiger partial charge is 0.227 e. The molecule has 1 amide bonds. The molecule has 0 saturated carbocycles. The van der Waals surface area contributed by atoms with Crippen LogP contribution in [0.4, 0.5) is 17.1 Å². The predicted octanol–water partition coefficient (Wildman–Crippen LogP) is 4.56. The molecular formula is C18H19BrN2O2. The quantitative estimate of drug-likeness (QED) is 0.824. The molecule has 2 aromatic rings. The number of amides is 1. The van der Waals surface area contributed by atoms with Crippen molar-refractivity contribution in [3.63, 3.8) is 0 Å². The van der Waals surface area contributed by atoms with Crippen molar-refractivity contribution >= 4 is 38.9 Å². The highest BCUT2D eigenvalue weighted by Gasteiger charge is 2.21. The van der Waals surface area contributed by atoms with E-state index in [1.807, 2.05) is 48.5 Å². The van der Waals surface area contributed by atoms with E-state index in [4.69, 9.17) is 4.74 Å². The van der Waals surface area contributed by atoms with E-state index < -0.39 is 0 Å². The summed E-state index contributed by atoms with van der Waals surface area (Å²) in [6.45, 7) is 1.35. The van der Waals surface area contributed by atoms with Crippen LogP contribution in [0.1, 0.15) is 12.8 Å². The number of ether oxygens (including phenoxy) is 1. The highest BCUT2D eigenvalue weighted by Crippen LogP contribution is 2.26. The van der Waals surface area contributed by atoms with E-state index in [9.17, 15) is 4.79 Å². The van der Waals surface area contributed by atoms with Crippen LogP contribution in [-0.4, -0.2) is 19.1 Å². The molecule has 0 spiro atoms. The van der Waals surface area contributed by atoms with Gasteiger partial charge in [-0.3, -0.25) is 4.79 Å². The summed E-state index contributed by atoms with van der Waals surface area (Å²) in [5.41, 5.74) is 2.80. The highest BCUT2D eigenvalue weighted by atomic mass is 79.9. The van der Waals surface area contributed by atoms with Gasteiger partial charge in [-0.2, -0.15) is 0 Å². The first-order valence-corrected chi connectivity index (χ1v) is 8.52. The van der Waals surface area contributed by atoms with Crippen LogP contribution in [0.3, 0.4) is 0 Å². The van der Waals surface area contributed by atoms with Gasteiger partial charge in [0, 0.05) is 35.0 Å². The molecule has 0 aliphatic carbocycles. The Labute approximate surface area is 144 Å². The minimum atomic E-state index is 0.0572. The first-order chi connectivity index (χ1) is 11.2. The molecule has 3 rings (SSSR count). The molecule has 5 heteroatoms. The van der Waals surface area contributed by atoms with Crippen LogP contribution < -0.4 is 10.6 Å². The summed E-state index contributed by atoms with van der Waals surface area (Å²) in [4.78, 5) is 12.2. The molecule has 4 nitrogen and oxygen atoms in total. The highest BCUT2D eigenvalue weighted by molar-refractivity contribution is 9.10. The van der Waals surface area contributed by atoms with E-state index in [1.54, 1.807) is 0 Å². The number of benzene rings is 2. The fourth-order valence-corrected chi connectivity index (χ4v) is 2.94. The van der Waals surface area contributed by atoms with Gasteiger partial charge in [0.15, 0.2) is 0 Å². The number of anilines is 3. The Morgan fingerprint density at radius 3 is 2.35 bits per heavy atom. The molecule has 0 radical (unpaired) electrons. The summed E-state index contributed by atoms with van der Waals surface area (Å²) in [5.74, 6) is 0.140. The number of para-hydroxylation sites is 1. The minimum absolute atomic E-state index is 0.0572. The Hall–Kier alpha value is -1.85. The molecule has 0 unspecified atom stereocenters. The average molecular weight is 375 g/mol. The minimum Gasteiger partial charge on any atom is -0.381 e. The van der Waals surface area contributed by atoms with Crippen molar-refractivity contribution in [3.05, 3.63) is 53.0 Å². The first-order valence-electron chi connectivity index (χ1n) is 7.72. The summed E-state index contributed by atoms with van der Waals surface area (Å²) in [6.07, 6.45) is 1.60. The van der Waals surface area contributed by atoms with Crippen LogP contribution in [0.2, 0.25) is 0 Å². The number of carbonyl (C=O) groups excluding carboxylic acids is 1. The van der Waals surface area contributed by atoms with Gasteiger partial charge >= 0.3 is 0 Å². The summed E-state index contributed by atoms with van der Waals surface area (Å²) >= 11 is 3.52. The molecule has 23 heavy (non-hydrogen) atoms. The largest absolute Gasteiger partial charge is 0.381 e. The van der Waals surface area contributed by atoms with Gasteiger partial charge in [0.2, 0.25) is 5.91 Å². The Balaban J connectivity index is 1.60. The van der Waals surface area contributed by atoms with Gasteiger partial charge in [0.05, 0.1) is 5.69 Å². The van der Waals surface area contributed by atoms with E-state index in [-0.39, 0.29) is 11.8 Å². The molecule has 1 aliphatic heterocycles. The Morgan fingerprint density at radius 1 is 1.00 bits per heavy atom. The Kier molecular flexibility index (Phi) is 5.31. The maximum absolute atomic E-state index is 12.2. The van der Waals surface area contributed by atoms with Crippen molar-refractivity contribution in [3.8, 4) is 0 Å². The van der Waals surface area contributed by atoms with Crippen LogP contribution >= 0.6 is 15.9 Å². The predicted molar refractivity (Wildman–Crippen MR) is 96.0 cm³/mol. The third kappa shape index (κ3) is 4.33. The maximum atomic E-state index is 12.2. The van der Waals surface area contributed by atoms with Gasteiger partial charge in [-0.1, -0.05) is 12.1 Å². The van der Waals surface area contributed by atoms with Crippen molar-refractivity contribution in [1.29, 1.82) is 0 Å². The summed E-state index contributed by atoms with van der Waals surface area (Å²) in [6, 6.07) is 15.7. The van der Waals surface area contributed by atoms with Gasteiger partial charge in [0.1, 0.15) is 0 Å². The number of carbonyl (C=O) groups is 1. The number of rotatable bonds is 4. The van der Waals surface area contributed by atoms with Gasteiger partial charge in [-0.15, -0.1) is 0 Å². The lowest BCUT2D eigenvalue weighted by atomic mass is 9.99. The third-order valence-electron chi connectivity index (χ3n) is 3.90. The van der Waals surface area contributed by atoms with Gasteiger partial charge < -0.3 is 15.4 Å². The zero-order valence-corrected chi connectivity index (χ0v) is 14.3. The van der Waals surface area contributed by atoms with Gasteiger partial charge in [-0.25, -0.2) is 0 Å². The van der Waals surface area contributed by atoms with Crippen molar-refractivity contribution in [2.24, 2.45) is 5.92 Å². The van der Waals surface area contributed by atoms with Crippen LogP contribution in [0.15, 0.2) is 53.0 Å². The second-order valence-electron chi connectivity index (χ2n) is 5.56. The average Bonchev–Trinajstić information content (AvgIpc) is 2.59. The molecule has 1 aliphatic rings. The summed E-state index contributed by atoms with van der Waals surface area (Å²) < 4.78 is 6.30. The molecular weight excluding hydrogens is 356 g/mol. The van der Waals surface area contributed by atoms with Crippen LogP contribution in [-0.2, 0) is 9.53 Å². The zero-order chi connectivity index (χ0) is 16.1. The van der Waals surface area contributed by atoms with E-state index in [0.717, 1.165) is 34.4 Å². The van der Waals surface area contributed by atoms with Crippen molar-refractivity contribution in [2.45, 2.75) is 12.8 Å². The summed E-state index contributed by atoms with van der Waals surface area (Å²) in [7, 11) is 0. The van der Waals surface area contributed by atoms with Crippen molar-refractivity contribution in [2.75, 3.05) is 23.8 Å². The molecule has 0 bridgehead atoms. The second kappa shape index (κ2) is 7.62. The third-order valence-corrected chi connectivity index (χ3v) is 4.59. The normalized spacial score (nSPS) is 15.2. The summed E-state index contributed by atoms with van der Waals surface area (Å²) in [5, 5.41) is 6.32. The van der Waals surface area contributed by atoms with Gasteiger partial charge in [0.25, 0.3) is 0 Å².